The summed E-state index contributed by atoms with van der Waals surface area (Å²) in [7, 11) is 0. The predicted octanol–water partition coefficient (Wildman–Crippen LogP) is 1.15. The molecule has 1 saturated carbocycles. The van der Waals surface area contributed by atoms with Crippen LogP contribution in [-0.4, -0.2) is 57.5 Å². The van der Waals surface area contributed by atoms with Crippen LogP contribution < -0.4 is 4.90 Å². The van der Waals surface area contributed by atoms with Crippen molar-refractivity contribution in [2.24, 2.45) is 0 Å². The third kappa shape index (κ3) is 2.27. The molecule has 2 fully saturated rings. The van der Waals surface area contributed by atoms with Gasteiger partial charge < -0.3 is 4.90 Å². The lowest BCUT2D eigenvalue weighted by Gasteiger charge is -2.35. The highest BCUT2D eigenvalue weighted by Crippen LogP contribution is 2.28. The van der Waals surface area contributed by atoms with E-state index in [1.807, 2.05) is 12.3 Å². The van der Waals surface area contributed by atoms with Gasteiger partial charge >= 0.3 is 0 Å². The van der Waals surface area contributed by atoms with Crippen molar-refractivity contribution in [3.05, 3.63) is 24.5 Å². The largest absolute Gasteiger partial charge is 0.354 e. The summed E-state index contributed by atoms with van der Waals surface area (Å²) in [4.78, 5) is 9.48. The van der Waals surface area contributed by atoms with Gasteiger partial charge in [0.25, 0.3) is 0 Å². The molecule has 0 spiro atoms. The summed E-state index contributed by atoms with van der Waals surface area (Å²) in [5.74, 6) is 1.04. The molecule has 1 saturated heterocycles. The lowest BCUT2D eigenvalue weighted by atomic mass is 10.2. The molecule has 0 atom stereocenters. The van der Waals surface area contributed by atoms with Crippen LogP contribution in [0.4, 0.5) is 5.82 Å². The molecule has 0 radical (unpaired) electrons. The fourth-order valence-corrected chi connectivity index (χ4v) is 2.85. The van der Waals surface area contributed by atoms with Crippen molar-refractivity contribution >= 4 is 5.82 Å². The van der Waals surface area contributed by atoms with E-state index in [1.165, 1.54) is 12.8 Å². The van der Waals surface area contributed by atoms with E-state index in [4.69, 9.17) is 0 Å². The van der Waals surface area contributed by atoms with Crippen LogP contribution in [0.15, 0.2) is 24.5 Å². The van der Waals surface area contributed by atoms with Gasteiger partial charge in [-0.25, -0.2) is 4.98 Å². The average molecular weight is 270 g/mol. The molecule has 1 aliphatic carbocycles. The van der Waals surface area contributed by atoms with Gasteiger partial charge in [0, 0.05) is 44.0 Å². The van der Waals surface area contributed by atoms with E-state index >= 15 is 0 Å². The second-order valence-corrected chi connectivity index (χ2v) is 5.51. The van der Waals surface area contributed by atoms with Crippen LogP contribution in [0.25, 0.3) is 11.3 Å². The number of rotatable bonds is 3. The van der Waals surface area contributed by atoms with Crippen LogP contribution in [0.3, 0.4) is 0 Å². The number of aromatic nitrogens is 4. The number of piperazine rings is 1. The molecule has 3 heterocycles. The number of nitrogens with zero attached hydrogens (tertiary/aromatic N) is 5. The van der Waals surface area contributed by atoms with Gasteiger partial charge in [0.05, 0.1) is 6.20 Å². The van der Waals surface area contributed by atoms with Crippen molar-refractivity contribution in [2.75, 3.05) is 31.1 Å². The zero-order valence-corrected chi connectivity index (χ0v) is 11.4. The number of hydrogen-bond acceptors (Lipinski definition) is 5. The Labute approximate surface area is 117 Å². The van der Waals surface area contributed by atoms with Crippen LogP contribution >= 0.6 is 0 Å². The van der Waals surface area contributed by atoms with Crippen LogP contribution in [-0.2, 0) is 0 Å². The average Bonchev–Trinajstić information content (AvgIpc) is 3.22. The van der Waals surface area contributed by atoms with Gasteiger partial charge in [0.15, 0.2) is 0 Å². The Balaban J connectivity index is 1.50. The molecule has 0 amide bonds. The SMILES string of the molecule is c1cc(-c2cn[nH]n2)cc(N2CCN(C3CC3)CC2)n1. The Hall–Kier alpha value is -1.95. The molecular formula is C14H18N6. The zero-order valence-electron chi connectivity index (χ0n) is 11.4. The second kappa shape index (κ2) is 4.86. The summed E-state index contributed by atoms with van der Waals surface area (Å²) < 4.78 is 0. The Kier molecular flexibility index (Phi) is 2.88. The first kappa shape index (κ1) is 11.8. The van der Waals surface area contributed by atoms with Gasteiger partial charge in [0.1, 0.15) is 11.5 Å². The molecule has 6 nitrogen and oxygen atoms in total. The molecule has 1 N–H and O–H groups in total. The summed E-state index contributed by atoms with van der Waals surface area (Å²) in [6.07, 6.45) is 6.37. The highest BCUT2D eigenvalue weighted by Gasteiger charge is 2.31. The summed E-state index contributed by atoms with van der Waals surface area (Å²) in [5.41, 5.74) is 1.93. The standard InChI is InChI=1S/C14H18N6/c1-2-12(1)19-5-7-20(8-6-19)14-9-11(3-4-15-14)13-10-16-18-17-13/h3-4,9-10,12H,1-2,5-8H2,(H,16,17,18). The first-order valence-corrected chi connectivity index (χ1v) is 7.21. The van der Waals surface area contributed by atoms with E-state index in [-0.39, 0.29) is 0 Å². The van der Waals surface area contributed by atoms with E-state index in [1.54, 1.807) is 6.20 Å². The second-order valence-electron chi connectivity index (χ2n) is 5.51. The number of H-pyrrole nitrogens is 1. The van der Waals surface area contributed by atoms with E-state index in [9.17, 15) is 0 Å². The number of hydrogen-bond donors (Lipinski definition) is 1. The molecule has 6 heteroatoms. The van der Waals surface area contributed by atoms with Crippen molar-refractivity contribution in [2.45, 2.75) is 18.9 Å². The molecule has 0 unspecified atom stereocenters. The quantitative estimate of drug-likeness (QED) is 0.906. The van der Waals surface area contributed by atoms with Crippen LogP contribution in [0.5, 0.6) is 0 Å². The fourth-order valence-electron chi connectivity index (χ4n) is 2.85. The third-order valence-electron chi connectivity index (χ3n) is 4.16. The Morgan fingerprint density at radius 2 is 2.00 bits per heavy atom. The topological polar surface area (TPSA) is 60.9 Å². The first-order chi connectivity index (χ1) is 9.90. The van der Waals surface area contributed by atoms with Gasteiger partial charge in [-0.1, -0.05) is 0 Å². The normalized spacial score (nSPS) is 20.3. The van der Waals surface area contributed by atoms with Gasteiger partial charge in [-0.2, -0.15) is 15.4 Å². The number of aromatic amines is 1. The number of anilines is 1. The van der Waals surface area contributed by atoms with Crippen molar-refractivity contribution in [1.82, 2.24) is 25.3 Å². The highest BCUT2D eigenvalue weighted by atomic mass is 15.3. The summed E-state index contributed by atoms with van der Waals surface area (Å²) in [6.45, 7) is 4.43. The van der Waals surface area contributed by atoms with Gasteiger partial charge in [-0.05, 0) is 25.0 Å². The molecule has 2 aromatic heterocycles. The van der Waals surface area contributed by atoms with Crippen molar-refractivity contribution in [3.63, 3.8) is 0 Å². The first-order valence-electron chi connectivity index (χ1n) is 7.21. The van der Waals surface area contributed by atoms with Gasteiger partial charge in [-0.15, -0.1) is 0 Å². The molecule has 4 rings (SSSR count). The van der Waals surface area contributed by atoms with E-state index < -0.39 is 0 Å². The van der Waals surface area contributed by atoms with Crippen LogP contribution in [0, 0.1) is 0 Å². The molecule has 2 aromatic rings. The summed E-state index contributed by atoms with van der Waals surface area (Å²) in [5, 5.41) is 10.6. The van der Waals surface area contributed by atoms with Gasteiger partial charge in [0.2, 0.25) is 0 Å². The third-order valence-corrected chi connectivity index (χ3v) is 4.16. The molecule has 2 aliphatic rings. The monoisotopic (exact) mass is 270 g/mol. The number of pyridine rings is 1. The minimum atomic E-state index is 0.866. The maximum Gasteiger partial charge on any atom is 0.129 e. The maximum atomic E-state index is 4.51. The van der Waals surface area contributed by atoms with E-state index in [0.29, 0.717) is 0 Å². The molecule has 0 aromatic carbocycles. The maximum absolute atomic E-state index is 4.51. The zero-order chi connectivity index (χ0) is 13.4. The van der Waals surface area contributed by atoms with Crippen molar-refractivity contribution in [1.29, 1.82) is 0 Å². The summed E-state index contributed by atoms with van der Waals surface area (Å²) in [6, 6.07) is 4.94. The lowest BCUT2D eigenvalue weighted by Crippen LogP contribution is -2.47. The fraction of sp³-hybridized carbons (Fsp3) is 0.500. The Morgan fingerprint density at radius 3 is 2.70 bits per heavy atom. The molecule has 104 valence electrons. The van der Waals surface area contributed by atoms with Crippen molar-refractivity contribution in [3.8, 4) is 11.3 Å². The van der Waals surface area contributed by atoms with Crippen LogP contribution in [0.1, 0.15) is 12.8 Å². The minimum absolute atomic E-state index is 0.866. The summed E-state index contributed by atoms with van der Waals surface area (Å²) >= 11 is 0. The Bertz CT molecular complexity index is 569. The molecule has 0 bridgehead atoms. The van der Waals surface area contributed by atoms with E-state index in [0.717, 1.165) is 49.3 Å². The van der Waals surface area contributed by atoms with Crippen molar-refractivity contribution < 1.29 is 0 Å². The molecule has 20 heavy (non-hydrogen) atoms. The van der Waals surface area contributed by atoms with Gasteiger partial charge in [-0.3, -0.25) is 4.90 Å². The van der Waals surface area contributed by atoms with Crippen LogP contribution in [0.2, 0.25) is 0 Å². The highest BCUT2D eigenvalue weighted by molar-refractivity contribution is 5.62. The lowest BCUT2D eigenvalue weighted by molar-refractivity contribution is 0.247. The molecule has 1 aliphatic heterocycles. The predicted molar refractivity (Wildman–Crippen MR) is 76.4 cm³/mol. The Morgan fingerprint density at radius 1 is 1.15 bits per heavy atom. The number of nitrogens with one attached hydrogen (secondary N) is 1. The molecular weight excluding hydrogens is 252 g/mol. The van der Waals surface area contributed by atoms with E-state index in [2.05, 4.69) is 36.3 Å². The minimum Gasteiger partial charge on any atom is -0.354 e. The smallest absolute Gasteiger partial charge is 0.129 e.